The predicted octanol–water partition coefficient (Wildman–Crippen LogP) is 3.43. The molecule has 1 N–H and O–H groups in total. The van der Waals surface area contributed by atoms with E-state index in [2.05, 4.69) is 15.3 Å². The Balaban J connectivity index is 1.70. The van der Waals surface area contributed by atoms with Gasteiger partial charge < -0.3 is 5.32 Å². The van der Waals surface area contributed by atoms with E-state index in [-0.39, 0.29) is 11.7 Å². The Labute approximate surface area is 172 Å². The number of rotatable bonds is 7. The summed E-state index contributed by atoms with van der Waals surface area (Å²) in [6.07, 6.45) is 2.62. The Morgan fingerprint density at radius 1 is 1.21 bits per heavy atom. The lowest BCUT2D eigenvalue weighted by atomic mass is 9.93. The molecule has 0 bridgehead atoms. The molecular weight excluding hydrogens is 393 g/mol. The first-order chi connectivity index (χ1) is 13.8. The van der Waals surface area contributed by atoms with Crippen molar-refractivity contribution >= 4 is 21.7 Å². The van der Waals surface area contributed by atoms with E-state index < -0.39 is 10.2 Å². The number of pyridine rings is 2. The highest BCUT2D eigenvalue weighted by molar-refractivity contribution is 7.86. The minimum atomic E-state index is -3.40. The van der Waals surface area contributed by atoms with Crippen LogP contribution in [0.15, 0.2) is 30.5 Å². The highest BCUT2D eigenvalue weighted by atomic mass is 32.2. The number of anilines is 2. The highest BCUT2D eigenvalue weighted by Gasteiger charge is 2.32. The summed E-state index contributed by atoms with van der Waals surface area (Å²) in [5.41, 5.74) is 2.64. The maximum Gasteiger partial charge on any atom is 0.281 e. The Morgan fingerprint density at radius 3 is 2.48 bits per heavy atom. The average molecular weight is 422 g/mol. The van der Waals surface area contributed by atoms with Crippen molar-refractivity contribution in [1.29, 1.82) is 0 Å². The van der Waals surface area contributed by atoms with Crippen LogP contribution in [-0.2, 0) is 10.2 Å². The predicted molar refractivity (Wildman–Crippen MR) is 112 cm³/mol. The highest BCUT2D eigenvalue weighted by Crippen LogP contribution is 2.31. The summed E-state index contributed by atoms with van der Waals surface area (Å²) in [5.74, 6) is 0.372. The molecular formula is C20H28FN5O2S. The second-order valence-corrected chi connectivity index (χ2v) is 9.10. The second-order valence-electron chi connectivity index (χ2n) is 7.17. The first kappa shape index (κ1) is 21.6. The molecule has 7 nitrogen and oxygen atoms in total. The quantitative estimate of drug-likeness (QED) is 0.741. The molecule has 1 saturated heterocycles. The number of aryl methyl sites for hydroxylation is 1. The van der Waals surface area contributed by atoms with Crippen LogP contribution in [0, 0.1) is 12.7 Å². The molecule has 9 heteroatoms. The van der Waals surface area contributed by atoms with Crippen molar-refractivity contribution in [2.45, 2.75) is 39.5 Å². The van der Waals surface area contributed by atoms with Crippen molar-refractivity contribution in [3.63, 3.8) is 0 Å². The number of nitrogens with one attached hydrogen (secondary N) is 1. The van der Waals surface area contributed by atoms with Crippen molar-refractivity contribution in [2.24, 2.45) is 0 Å². The molecule has 3 rings (SSSR count). The number of piperidine rings is 1. The largest absolute Gasteiger partial charge is 0.340 e. The fourth-order valence-electron chi connectivity index (χ4n) is 3.67. The molecule has 0 radical (unpaired) electrons. The molecule has 0 saturated carbocycles. The van der Waals surface area contributed by atoms with Crippen LogP contribution in [0.2, 0.25) is 0 Å². The molecule has 2 aromatic rings. The van der Waals surface area contributed by atoms with Crippen LogP contribution in [0.25, 0.3) is 0 Å². The lowest BCUT2D eigenvalue weighted by Crippen LogP contribution is -2.46. The lowest BCUT2D eigenvalue weighted by Gasteiger charge is -2.34. The smallest absolute Gasteiger partial charge is 0.281 e. The van der Waals surface area contributed by atoms with E-state index in [1.807, 2.05) is 32.9 Å². The molecule has 1 fully saturated rings. The molecule has 3 heterocycles. The van der Waals surface area contributed by atoms with Gasteiger partial charge in [0.15, 0.2) is 0 Å². The molecule has 0 aromatic carbocycles. The number of hydrogen-bond acceptors (Lipinski definition) is 5. The third kappa shape index (κ3) is 5.09. The summed E-state index contributed by atoms with van der Waals surface area (Å²) in [5, 5.41) is 3.18. The van der Waals surface area contributed by atoms with Crippen LogP contribution >= 0.6 is 0 Å². The van der Waals surface area contributed by atoms with Gasteiger partial charge in [0.25, 0.3) is 10.2 Å². The van der Waals surface area contributed by atoms with E-state index in [1.54, 1.807) is 10.4 Å². The van der Waals surface area contributed by atoms with Gasteiger partial charge >= 0.3 is 0 Å². The standard InChI is InChI=1S/C20H28FN5O2S/c1-4-25(5-2)29(27,28)26-10-8-16(9-11-26)19-13-18(12-15(3)23-19)24-20-7-6-17(21)14-22-20/h6-7,12-14,16H,4-5,8-11H2,1-3H3,(H,22,23,24). The van der Waals surface area contributed by atoms with E-state index >= 15 is 0 Å². The van der Waals surface area contributed by atoms with Gasteiger partial charge in [0.1, 0.15) is 11.6 Å². The monoisotopic (exact) mass is 421 g/mol. The van der Waals surface area contributed by atoms with Crippen molar-refractivity contribution in [1.82, 2.24) is 18.6 Å². The molecule has 0 aliphatic carbocycles. The van der Waals surface area contributed by atoms with Gasteiger partial charge in [0.2, 0.25) is 0 Å². The second kappa shape index (κ2) is 9.15. The van der Waals surface area contributed by atoms with Crippen LogP contribution in [0.4, 0.5) is 15.9 Å². The van der Waals surface area contributed by atoms with E-state index in [1.165, 1.54) is 16.6 Å². The van der Waals surface area contributed by atoms with Gasteiger partial charge in [-0.3, -0.25) is 4.98 Å². The number of halogens is 1. The average Bonchev–Trinajstić information content (AvgIpc) is 2.70. The lowest BCUT2D eigenvalue weighted by molar-refractivity contribution is 0.289. The molecule has 1 aliphatic heterocycles. The van der Waals surface area contributed by atoms with Gasteiger partial charge in [-0.15, -0.1) is 0 Å². The zero-order valence-corrected chi connectivity index (χ0v) is 17.9. The van der Waals surface area contributed by atoms with Gasteiger partial charge in [-0.2, -0.15) is 17.0 Å². The van der Waals surface area contributed by atoms with Gasteiger partial charge in [0, 0.05) is 49.2 Å². The number of nitrogens with zero attached hydrogens (tertiary/aromatic N) is 4. The minimum Gasteiger partial charge on any atom is -0.340 e. The fraction of sp³-hybridized carbons (Fsp3) is 0.500. The zero-order chi connectivity index (χ0) is 21.0. The van der Waals surface area contributed by atoms with Crippen molar-refractivity contribution in [3.8, 4) is 0 Å². The molecule has 158 valence electrons. The van der Waals surface area contributed by atoms with E-state index in [9.17, 15) is 12.8 Å². The van der Waals surface area contributed by atoms with Gasteiger partial charge in [0.05, 0.1) is 6.20 Å². The zero-order valence-electron chi connectivity index (χ0n) is 17.1. The normalized spacial score (nSPS) is 16.3. The van der Waals surface area contributed by atoms with Gasteiger partial charge in [-0.05, 0) is 44.0 Å². The van der Waals surface area contributed by atoms with Crippen molar-refractivity contribution < 1.29 is 12.8 Å². The van der Waals surface area contributed by atoms with Gasteiger partial charge in [-0.1, -0.05) is 13.8 Å². The summed E-state index contributed by atoms with van der Waals surface area (Å²) in [4.78, 5) is 8.70. The van der Waals surface area contributed by atoms with Crippen molar-refractivity contribution in [2.75, 3.05) is 31.5 Å². The van der Waals surface area contributed by atoms with Gasteiger partial charge in [-0.25, -0.2) is 9.37 Å². The minimum absolute atomic E-state index is 0.194. The molecule has 0 amide bonds. The van der Waals surface area contributed by atoms with E-state index in [4.69, 9.17) is 0 Å². The maximum atomic E-state index is 13.1. The van der Waals surface area contributed by atoms with Crippen LogP contribution in [0.1, 0.15) is 44.0 Å². The number of aromatic nitrogens is 2. The Hall–Kier alpha value is -2.10. The Kier molecular flexibility index (Phi) is 6.81. The van der Waals surface area contributed by atoms with Crippen LogP contribution in [0.3, 0.4) is 0 Å². The Bertz CT molecular complexity index is 924. The van der Waals surface area contributed by atoms with E-state index in [0.29, 0.717) is 32.0 Å². The van der Waals surface area contributed by atoms with Crippen molar-refractivity contribution in [3.05, 3.63) is 47.7 Å². The number of hydrogen-bond donors (Lipinski definition) is 1. The maximum absolute atomic E-state index is 13.1. The summed E-state index contributed by atoms with van der Waals surface area (Å²) >= 11 is 0. The molecule has 29 heavy (non-hydrogen) atoms. The molecule has 1 aliphatic rings. The molecule has 0 spiro atoms. The first-order valence-corrected chi connectivity index (χ1v) is 11.4. The van der Waals surface area contributed by atoms with E-state index in [0.717, 1.165) is 29.9 Å². The SMILES string of the molecule is CCN(CC)S(=O)(=O)N1CCC(c2cc(Nc3ccc(F)cn3)cc(C)n2)CC1. The first-order valence-electron chi connectivity index (χ1n) is 9.95. The Morgan fingerprint density at radius 2 is 1.90 bits per heavy atom. The molecule has 0 unspecified atom stereocenters. The van der Waals surface area contributed by atoms with Crippen LogP contribution in [-0.4, -0.2) is 53.2 Å². The summed E-state index contributed by atoms with van der Waals surface area (Å²) in [6.45, 7) is 7.56. The third-order valence-corrected chi connectivity index (χ3v) is 7.39. The third-order valence-electron chi connectivity index (χ3n) is 5.20. The fourth-order valence-corrected chi connectivity index (χ4v) is 5.32. The summed E-state index contributed by atoms with van der Waals surface area (Å²) < 4.78 is 41.6. The topological polar surface area (TPSA) is 78.4 Å². The van der Waals surface area contributed by atoms with Crippen LogP contribution in [0.5, 0.6) is 0 Å². The van der Waals surface area contributed by atoms with Crippen LogP contribution < -0.4 is 5.32 Å². The summed E-state index contributed by atoms with van der Waals surface area (Å²) in [6, 6.07) is 6.82. The molecule has 2 aromatic heterocycles. The molecule has 0 atom stereocenters. The summed E-state index contributed by atoms with van der Waals surface area (Å²) in [7, 11) is -3.40.